The van der Waals surface area contributed by atoms with Crippen LogP contribution in [-0.2, 0) is 11.2 Å². The Balaban J connectivity index is 1.76. The van der Waals surface area contributed by atoms with Gasteiger partial charge in [0.2, 0.25) is 5.91 Å². The van der Waals surface area contributed by atoms with Crippen LogP contribution in [-0.4, -0.2) is 12.5 Å². The molecular formula is C18H18Br2FNO2. The van der Waals surface area contributed by atoms with Crippen molar-refractivity contribution in [1.82, 2.24) is 0 Å². The lowest BCUT2D eigenvalue weighted by atomic mass is 10.2. The van der Waals surface area contributed by atoms with Gasteiger partial charge >= 0.3 is 0 Å². The van der Waals surface area contributed by atoms with Crippen LogP contribution < -0.4 is 10.1 Å². The van der Waals surface area contributed by atoms with Crippen LogP contribution in [0.15, 0.2) is 45.3 Å². The minimum absolute atomic E-state index is 0.182. The SMILES string of the molecule is CCc1ccc(OCCCC(=O)Nc2ccc(Br)cc2F)c(Br)c1. The summed E-state index contributed by atoms with van der Waals surface area (Å²) >= 11 is 6.65. The van der Waals surface area contributed by atoms with Crippen LogP contribution in [0.25, 0.3) is 0 Å². The number of aryl methyl sites for hydroxylation is 1. The van der Waals surface area contributed by atoms with Crippen LogP contribution in [0, 0.1) is 5.82 Å². The van der Waals surface area contributed by atoms with Crippen LogP contribution in [0.5, 0.6) is 5.75 Å². The van der Waals surface area contributed by atoms with Crippen molar-refractivity contribution in [3.05, 3.63) is 56.7 Å². The lowest BCUT2D eigenvalue weighted by molar-refractivity contribution is -0.116. The Bertz CT molecular complexity index is 722. The van der Waals surface area contributed by atoms with Crippen molar-refractivity contribution < 1.29 is 13.9 Å². The predicted octanol–water partition coefficient (Wildman–Crippen LogP) is 5.71. The minimum atomic E-state index is -0.464. The minimum Gasteiger partial charge on any atom is -0.492 e. The number of hydrogen-bond donors (Lipinski definition) is 1. The summed E-state index contributed by atoms with van der Waals surface area (Å²) in [5, 5.41) is 2.56. The van der Waals surface area contributed by atoms with Crippen molar-refractivity contribution in [3.8, 4) is 5.75 Å². The number of carbonyl (C=O) groups excluding carboxylic acids is 1. The predicted molar refractivity (Wildman–Crippen MR) is 101 cm³/mol. The highest BCUT2D eigenvalue weighted by molar-refractivity contribution is 9.10. The fraction of sp³-hybridized carbons (Fsp3) is 0.278. The second kappa shape index (κ2) is 9.18. The summed E-state index contributed by atoms with van der Waals surface area (Å²) in [6, 6.07) is 10.5. The van der Waals surface area contributed by atoms with E-state index in [1.807, 2.05) is 18.2 Å². The number of hydrogen-bond acceptors (Lipinski definition) is 2. The van der Waals surface area contributed by atoms with Gasteiger partial charge in [-0.1, -0.05) is 28.9 Å². The van der Waals surface area contributed by atoms with Gasteiger partial charge in [-0.2, -0.15) is 0 Å². The molecule has 0 radical (unpaired) electrons. The fourth-order valence-electron chi connectivity index (χ4n) is 2.10. The third-order valence-corrected chi connectivity index (χ3v) is 4.53. The molecule has 0 aliphatic carbocycles. The average molecular weight is 459 g/mol. The second-order valence-corrected chi connectivity index (χ2v) is 7.01. The van der Waals surface area contributed by atoms with Crippen molar-refractivity contribution in [1.29, 1.82) is 0 Å². The van der Waals surface area contributed by atoms with Gasteiger partial charge in [-0.15, -0.1) is 0 Å². The maximum atomic E-state index is 13.7. The molecule has 0 heterocycles. The summed E-state index contributed by atoms with van der Waals surface area (Å²) in [7, 11) is 0. The van der Waals surface area contributed by atoms with Crippen molar-refractivity contribution in [3.63, 3.8) is 0 Å². The third kappa shape index (κ3) is 5.60. The number of rotatable bonds is 7. The van der Waals surface area contributed by atoms with E-state index in [0.29, 0.717) is 17.5 Å². The molecule has 0 spiro atoms. The van der Waals surface area contributed by atoms with Gasteiger partial charge in [0.1, 0.15) is 11.6 Å². The zero-order valence-electron chi connectivity index (χ0n) is 13.2. The van der Waals surface area contributed by atoms with Crippen LogP contribution >= 0.6 is 31.9 Å². The number of carbonyl (C=O) groups is 1. The largest absolute Gasteiger partial charge is 0.492 e. The Morgan fingerprint density at radius 1 is 1.21 bits per heavy atom. The lowest BCUT2D eigenvalue weighted by Gasteiger charge is -2.10. The van der Waals surface area contributed by atoms with Crippen LogP contribution in [0.1, 0.15) is 25.3 Å². The quantitative estimate of drug-likeness (QED) is 0.539. The summed E-state index contributed by atoms with van der Waals surface area (Å²) < 4.78 is 20.9. The molecule has 0 unspecified atom stereocenters. The van der Waals surface area contributed by atoms with Gasteiger partial charge in [0.25, 0.3) is 0 Å². The molecule has 0 bridgehead atoms. The molecule has 0 aliphatic heterocycles. The van der Waals surface area contributed by atoms with E-state index in [4.69, 9.17) is 4.74 Å². The van der Waals surface area contributed by atoms with Gasteiger partial charge in [0, 0.05) is 10.9 Å². The molecule has 0 aliphatic rings. The topological polar surface area (TPSA) is 38.3 Å². The monoisotopic (exact) mass is 457 g/mol. The Hall–Kier alpha value is -1.40. The number of benzene rings is 2. The Kier molecular flexibility index (Phi) is 7.24. The van der Waals surface area contributed by atoms with Crippen LogP contribution in [0.3, 0.4) is 0 Å². The van der Waals surface area contributed by atoms with E-state index in [1.54, 1.807) is 6.07 Å². The molecule has 2 aromatic rings. The summed E-state index contributed by atoms with van der Waals surface area (Å²) in [6.07, 6.45) is 1.78. The molecule has 2 rings (SSSR count). The zero-order valence-corrected chi connectivity index (χ0v) is 16.4. The Morgan fingerprint density at radius 3 is 2.67 bits per heavy atom. The molecule has 0 fully saturated rings. The maximum Gasteiger partial charge on any atom is 0.224 e. The van der Waals surface area contributed by atoms with E-state index in [-0.39, 0.29) is 18.0 Å². The van der Waals surface area contributed by atoms with Gasteiger partial charge in [-0.25, -0.2) is 4.39 Å². The summed E-state index contributed by atoms with van der Waals surface area (Å²) in [5.74, 6) is 0.0562. The summed E-state index contributed by atoms with van der Waals surface area (Å²) in [5.41, 5.74) is 1.41. The van der Waals surface area contributed by atoms with E-state index in [9.17, 15) is 9.18 Å². The molecule has 1 N–H and O–H groups in total. The number of ether oxygens (including phenoxy) is 1. The molecule has 0 saturated carbocycles. The molecule has 128 valence electrons. The van der Waals surface area contributed by atoms with E-state index in [2.05, 4.69) is 44.1 Å². The number of halogens is 3. The standard InChI is InChI=1S/C18H18Br2FNO2/c1-2-12-5-8-17(14(20)10-12)24-9-3-4-18(23)22-16-7-6-13(19)11-15(16)21/h5-8,10-11H,2-4,9H2,1H3,(H,22,23). The zero-order chi connectivity index (χ0) is 17.5. The van der Waals surface area contributed by atoms with Crippen molar-refractivity contribution in [2.24, 2.45) is 0 Å². The molecule has 0 aromatic heterocycles. The van der Waals surface area contributed by atoms with Gasteiger partial charge in [0.05, 0.1) is 16.8 Å². The first-order chi connectivity index (χ1) is 11.5. The molecule has 3 nitrogen and oxygen atoms in total. The number of anilines is 1. The first kappa shape index (κ1) is 18.9. The molecule has 6 heteroatoms. The highest BCUT2D eigenvalue weighted by atomic mass is 79.9. The van der Waals surface area contributed by atoms with Gasteiger partial charge < -0.3 is 10.1 Å². The van der Waals surface area contributed by atoms with E-state index in [1.165, 1.54) is 17.7 Å². The molecular weight excluding hydrogens is 441 g/mol. The van der Waals surface area contributed by atoms with Gasteiger partial charge in [-0.05, 0) is 64.7 Å². The first-order valence-corrected chi connectivity index (χ1v) is 9.24. The Morgan fingerprint density at radius 2 is 2.00 bits per heavy atom. The fourth-order valence-corrected chi connectivity index (χ4v) is 2.97. The van der Waals surface area contributed by atoms with Crippen LogP contribution in [0.2, 0.25) is 0 Å². The first-order valence-electron chi connectivity index (χ1n) is 7.65. The molecule has 0 saturated heterocycles. The normalized spacial score (nSPS) is 10.5. The summed E-state index contributed by atoms with van der Waals surface area (Å²) in [4.78, 5) is 11.9. The van der Waals surface area contributed by atoms with E-state index < -0.39 is 5.82 Å². The van der Waals surface area contributed by atoms with Gasteiger partial charge in [0.15, 0.2) is 0 Å². The second-order valence-electron chi connectivity index (χ2n) is 5.24. The van der Waals surface area contributed by atoms with Crippen molar-refractivity contribution in [2.45, 2.75) is 26.2 Å². The van der Waals surface area contributed by atoms with Crippen molar-refractivity contribution >= 4 is 43.5 Å². The highest BCUT2D eigenvalue weighted by Crippen LogP contribution is 2.26. The maximum absolute atomic E-state index is 13.7. The highest BCUT2D eigenvalue weighted by Gasteiger charge is 2.08. The summed E-state index contributed by atoms with van der Waals surface area (Å²) in [6.45, 7) is 2.51. The molecule has 24 heavy (non-hydrogen) atoms. The molecule has 1 amide bonds. The molecule has 2 aromatic carbocycles. The Labute approximate surface area is 157 Å². The smallest absolute Gasteiger partial charge is 0.224 e. The van der Waals surface area contributed by atoms with Gasteiger partial charge in [-0.3, -0.25) is 4.79 Å². The van der Waals surface area contributed by atoms with E-state index in [0.717, 1.165) is 16.6 Å². The van der Waals surface area contributed by atoms with Crippen molar-refractivity contribution in [2.75, 3.05) is 11.9 Å². The number of amides is 1. The molecule has 0 atom stereocenters. The van der Waals surface area contributed by atoms with Crippen LogP contribution in [0.4, 0.5) is 10.1 Å². The third-order valence-electron chi connectivity index (χ3n) is 3.42. The van der Waals surface area contributed by atoms with E-state index >= 15 is 0 Å². The average Bonchev–Trinajstić information content (AvgIpc) is 2.55. The number of nitrogens with one attached hydrogen (secondary N) is 1. The lowest BCUT2D eigenvalue weighted by Crippen LogP contribution is -2.13.